The number of hydrogen-bond donors (Lipinski definition) is 2. The Balaban J connectivity index is 2.38. The van der Waals surface area contributed by atoms with Gasteiger partial charge in [0.15, 0.2) is 0 Å². The van der Waals surface area contributed by atoms with Crippen molar-refractivity contribution in [2.24, 2.45) is 0 Å². The van der Waals surface area contributed by atoms with E-state index in [4.69, 9.17) is 0 Å². The molecular weight excluding hydrogens is 273 g/mol. The van der Waals surface area contributed by atoms with E-state index in [1.807, 2.05) is 6.92 Å². The molecule has 0 aliphatic carbocycles. The third kappa shape index (κ3) is 3.47. The van der Waals surface area contributed by atoms with Gasteiger partial charge in [-0.1, -0.05) is 25.1 Å². The molecule has 1 heterocycles. The minimum Gasteiger partial charge on any atom is -0.405 e. The minimum absolute atomic E-state index is 0.262. The number of aromatic nitrogens is 3. The van der Waals surface area contributed by atoms with Gasteiger partial charge in [0.05, 0.1) is 6.04 Å². The molecule has 1 aromatic carbocycles. The van der Waals surface area contributed by atoms with Crippen LogP contribution in [0.2, 0.25) is 0 Å². The van der Waals surface area contributed by atoms with E-state index in [1.54, 1.807) is 12.1 Å². The molecule has 0 aliphatic rings. The highest BCUT2D eigenvalue weighted by Gasteiger charge is 2.33. The van der Waals surface area contributed by atoms with Gasteiger partial charge >= 0.3 is 6.36 Å². The van der Waals surface area contributed by atoms with E-state index in [-0.39, 0.29) is 5.75 Å². The maximum Gasteiger partial charge on any atom is 0.573 e. The zero-order valence-corrected chi connectivity index (χ0v) is 10.6. The monoisotopic (exact) mass is 286 g/mol. The normalized spacial score (nSPS) is 13.2. The average molecular weight is 286 g/mol. The number of para-hydroxylation sites is 1. The third-order valence-electron chi connectivity index (χ3n) is 2.57. The summed E-state index contributed by atoms with van der Waals surface area (Å²) in [5.41, 5.74) is 0.337. The number of rotatable bonds is 5. The fourth-order valence-corrected chi connectivity index (χ4v) is 1.85. The Bertz CT molecular complexity index is 542. The lowest BCUT2D eigenvalue weighted by Gasteiger charge is -2.20. The lowest BCUT2D eigenvalue weighted by molar-refractivity contribution is -0.275. The zero-order chi connectivity index (χ0) is 14.6. The Hall–Kier alpha value is -2.09. The molecule has 2 aromatic rings. The highest BCUT2D eigenvalue weighted by atomic mass is 19.4. The first-order chi connectivity index (χ1) is 9.51. The van der Waals surface area contributed by atoms with Gasteiger partial charge in [0.2, 0.25) is 0 Å². The molecule has 2 rings (SSSR count). The number of aromatic amines is 1. The van der Waals surface area contributed by atoms with Gasteiger partial charge in [0.1, 0.15) is 17.9 Å². The number of hydrogen-bond acceptors (Lipinski definition) is 4. The molecule has 0 bridgehead atoms. The minimum atomic E-state index is -4.74. The largest absolute Gasteiger partial charge is 0.573 e. The summed E-state index contributed by atoms with van der Waals surface area (Å²) in [5.74, 6) is 0.160. The highest BCUT2D eigenvalue weighted by Crippen LogP contribution is 2.32. The average Bonchev–Trinajstić information content (AvgIpc) is 2.89. The number of nitrogens with one attached hydrogen (secondary N) is 2. The summed E-state index contributed by atoms with van der Waals surface area (Å²) in [4.78, 5) is 3.98. The third-order valence-corrected chi connectivity index (χ3v) is 2.57. The van der Waals surface area contributed by atoms with Crippen molar-refractivity contribution in [3.63, 3.8) is 0 Å². The maximum atomic E-state index is 12.4. The number of alkyl halides is 3. The predicted octanol–water partition coefficient (Wildman–Crippen LogP) is 2.40. The molecular formula is C12H13F3N4O. The van der Waals surface area contributed by atoms with Gasteiger partial charge in [-0.3, -0.25) is 5.10 Å². The van der Waals surface area contributed by atoms with Crippen molar-refractivity contribution in [2.75, 3.05) is 6.54 Å². The second kappa shape index (κ2) is 5.91. The molecule has 0 spiro atoms. The lowest BCUT2D eigenvalue weighted by Crippen LogP contribution is -2.25. The van der Waals surface area contributed by atoms with Crippen molar-refractivity contribution in [1.29, 1.82) is 0 Å². The topological polar surface area (TPSA) is 62.8 Å². The number of H-pyrrole nitrogens is 1. The first kappa shape index (κ1) is 14.3. The fourth-order valence-electron chi connectivity index (χ4n) is 1.85. The van der Waals surface area contributed by atoms with E-state index in [0.29, 0.717) is 17.9 Å². The quantitative estimate of drug-likeness (QED) is 0.886. The molecule has 0 fully saturated rings. The molecule has 0 saturated carbocycles. The molecule has 108 valence electrons. The molecule has 0 aliphatic heterocycles. The Morgan fingerprint density at radius 1 is 1.35 bits per heavy atom. The van der Waals surface area contributed by atoms with Crippen LogP contribution < -0.4 is 10.1 Å². The molecule has 20 heavy (non-hydrogen) atoms. The van der Waals surface area contributed by atoms with Gasteiger partial charge in [-0.05, 0) is 12.6 Å². The van der Waals surface area contributed by atoms with Crippen LogP contribution >= 0.6 is 0 Å². The SMILES string of the molecule is CCNC(c1ncn[nH]1)c1ccccc1OC(F)(F)F. The van der Waals surface area contributed by atoms with Crippen molar-refractivity contribution in [2.45, 2.75) is 19.3 Å². The Morgan fingerprint density at radius 2 is 2.10 bits per heavy atom. The van der Waals surface area contributed by atoms with Gasteiger partial charge in [0, 0.05) is 5.56 Å². The lowest BCUT2D eigenvalue weighted by atomic mass is 10.1. The smallest absolute Gasteiger partial charge is 0.405 e. The van der Waals surface area contributed by atoms with Crippen molar-refractivity contribution in [1.82, 2.24) is 20.5 Å². The summed E-state index contributed by atoms with van der Waals surface area (Å²) in [6, 6.07) is 5.38. The van der Waals surface area contributed by atoms with E-state index in [0.717, 1.165) is 0 Å². The van der Waals surface area contributed by atoms with Crippen molar-refractivity contribution in [3.8, 4) is 5.75 Å². The molecule has 0 amide bonds. The second-order valence-corrected chi connectivity index (χ2v) is 3.95. The summed E-state index contributed by atoms with van der Waals surface area (Å²) >= 11 is 0. The zero-order valence-electron chi connectivity index (χ0n) is 10.6. The van der Waals surface area contributed by atoms with Gasteiger partial charge in [-0.2, -0.15) is 5.10 Å². The van der Waals surface area contributed by atoms with Crippen LogP contribution in [0.25, 0.3) is 0 Å². The summed E-state index contributed by atoms with van der Waals surface area (Å²) in [6.07, 6.45) is -3.44. The van der Waals surface area contributed by atoms with Crippen molar-refractivity contribution in [3.05, 3.63) is 42.0 Å². The molecule has 1 aromatic heterocycles. The van der Waals surface area contributed by atoms with Gasteiger partial charge in [-0.15, -0.1) is 13.2 Å². The van der Waals surface area contributed by atoms with Crippen molar-refractivity contribution >= 4 is 0 Å². The van der Waals surface area contributed by atoms with E-state index in [1.165, 1.54) is 18.5 Å². The predicted molar refractivity (Wildman–Crippen MR) is 65.0 cm³/mol. The Kier molecular flexibility index (Phi) is 4.23. The van der Waals surface area contributed by atoms with E-state index >= 15 is 0 Å². The molecule has 8 heteroatoms. The van der Waals surface area contributed by atoms with E-state index in [9.17, 15) is 13.2 Å². The molecule has 0 saturated heterocycles. The van der Waals surface area contributed by atoms with Crippen molar-refractivity contribution < 1.29 is 17.9 Å². The van der Waals surface area contributed by atoms with Gasteiger partial charge in [0.25, 0.3) is 0 Å². The molecule has 0 radical (unpaired) electrons. The van der Waals surface area contributed by atoms with Crippen LogP contribution in [0.5, 0.6) is 5.75 Å². The maximum absolute atomic E-state index is 12.4. The van der Waals surface area contributed by atoms with E-state index < -0.39 is 12.4 Å². The molecule has 2 N–H and O–H groups in total. The summed E-state index contributed by atoms with van der Waals surface area (Å²) in [6.45, 7) is 2.39. The first-order valence-electron chi connectivity index (χ1n) is 5.94. The van der Waals surface area contributed by atoms with Crippen LogP contribution in [-0.2, 0) is 0 Å². The Morgan fingerprint density at radius 3 is 2.70 bits per heavy atom. The van der Waals surface area contributed by atoms with E-state index in [2.05, 4.69) is 25.2 Å². The van der Waals surface area contributed by atoms with Crippen LogP contribution in [0.4, 0.5) is 13.2 Å². The number of nitrogens with zero attached hydrogens (tertiary/aromatic N) is 2. The summed E-state index contributed by atoms with van der Waals surface area (Å²) in [5, 5.41) is 9.41. The highest BCUT2D eigenvalue weighted by molar-refractivity contribution is 5.38. The number of ether oxygens (including phenoxy) is 1. The molecule has 1 atom stereocenters. The number of benzene rings is 1. The second-order valence-electron chi connectivity index (χ2n) is 3.95. The van der Waals surface area contributed by atoms with Crippen LogP contribution in [0.3, 0.4) is 0 Å². The van der Waals surface area contributed by atoms with Crippen LogP contribution in [0.15, 0.2) is 30.6 Å². The Labute approximate surface area is 113 Å². The molecule has 5 nitrogen and oxygen atoms in total. The number of halogens is 3. The van der Waals surface area contributed by atoms with Gasteiger partial charge < -0.3 is 10.1 Å². The van der Waals surface area contributed by atoms with Gasteiger partial charge in [-0.25, -0.2) is 4.98 Å². The summed E-state index contributed by atoms with van der Waals surface area (Å²) in [7, 11) is 0. The summed E-state index contributed by atoms with van der Waals surface area (Å²) < 4.78 is 41.4. The standard InChI is InChI=1S/C12H13F3N4O/c1-2-16-10(11-17-7-18-19-11)8-5-3-4-6-9(8)20-12(13,14)15/h3-7,10,16H,2H2,1H3,(H,17,18,19). The first-order valence-corrected chi connectivity index (χ1v) is 5.94. The fraction of sp³-hybridized carbons (Fsp3) is 0.333. The van der Waals surface area contributed by atoms with Crippen LogP contribution in [0, 0.1) is 0 Å². The van der Waals surface area contributed by atoms with Crippen LogP contribution in [-0.4, -0.2) is 28.1 Å². The molecule has 1 unspecified atom stereocenters. The van der Waals surface area contributed by atoms with Crippen LogP contribution in [0.1, 0.15) is 24.4 Å².